The summed E-state index contributed by atoms with van der Waals surface area (Å²) in [6, 6.07) is 14.9. The normalized spacial score (nSPS) is 19.5. The molecule has 0 amide bonds. The van der Waals surface area contributed by atoms with E-state index in [0.29, 0.717) is 23.2 Å². The fourth-order valence-corrected chi connectivity index (χ4v) is 4.64. The monoisotopic (exact) mass is 434 g/mol. The van der Waals surface area contributed by atoms with E-state index >= 15 is 0 Å². The second-order valence-corrected chi connectivity index (χ2v) is 9.28. The molecule has 1 aromatic heterocycles. The number of nitrogens with zero attached hydrogens (tertiary/aromatic N) is 3. The van der Waals surface area contributed by atoms with Crippen LogP contribution in [0, 0.1) is 5.41 Å². The molecule has 1 atom stereocenters. The summed E-state index contributed by atoms with van der Waals surface area (Å²) in [5.74, 6) is 2.10. The summed E-state index contributed by atoms with van der Waals surface area (Å²) in [4.78, 5) is 18.0. The number of Topliss-reactive ketones (excluding diaryl/α,β-unsaturated/α-hetero) is 1. The van der Waals surface area contributed by atoms with Crippen molar-refractivity contribution in [3.05, 3.63) is 70.4 Å². The number of hydrogen-bond acceptors (Lipinski definition) is 5. The number of methoxy groups -OCH3 is 1. The molecule has 2 aliphatic rings. The minimum atomic E-state index is -0.346. The molecule has 158 valence electrons. The van der Waals surface area contributed by atoms with Gasteiger partial charge in [0.25, 0.3) is 0 Å². The number of carbonyl (C=O) groups is 1. The number of fused-ring (bicyclic) bond motifs is 1. The van der Waals surface area contributed by atoms with Gasteiger partial charge in [-0.2, -0.15) is 4.98 Å². The largest absolute Gasteiger partial charge is 0.497 e. The van der Waals surface area contributed by atoms with Gasteiger partial charge in [-0.05, 0) is 41.7 Å². The number of hydrogen-bond donors (Lipinski definition) is 1. The fraction of sp³-hybridized carbons (Fsp3) is 0.292. The first-order valence-corrected chi connectivity index (χ1v) is 10.6. The molecule has 2 heterocycles. The Labute approximate surface area is 185 Å². The lowest BCUT2D eigenvalue weighted by molar-refractivity contribution is -0.118. The summed E-state index contributed by atoms with van der Waals surface area (Å²) in [5.41, 5.74) is 3.38. The quantitative estimate of drug-likeness (QED) is 0.608. The Morgan fingerprint density at radius 3 is 2.65 bits per heavy atom. The van der Waals surface area contributed by atoms with Gasteiger partial charge >= 0.3 is 0 Å². The molecule has 0 fully saturated rings. The summed E-state index contributed by atoms with van der Waals surface area (Å²) >= 11 is 6.18. The maximum Gasteiger partial charge on any atom is 0.226 e. The molecule has 1 aliphatic heterocycles. The van der Waals surface area contributed by atoms with Gasteiger partial charge in [0.15, 0.2) is 11.6 Å². The van der Waals surface area contributed by atoms with Crippen LogP contribution in [-0.2, 0) is 4.79 Å². The first-order valence-electron chi connectivity index (χ1n) is 10.2. The number of benzene rings is 2. The Hall–Kier alpha value is -3.12. The van der Waals surface area contributed by atoms with Gasteiger partial charge in [0.1, 0.15) is 11.8 Å². The molecule has 7 heteroatoms. The van der Waals surface area contributed by atoms with Crippen molar-refractivity contribution in [2.24, 2.45) is 5.41 Å². The summed E-state index contributed by atoms with van der Waals surface area (Å²) in [6.07, 6.45) is 1.28. The van der Waals surface area contributed by atoms with Gasteiger partial charge in [-0.3, -0.25) is 4.79 Å². The van der Waals surface area contributed by atoms with E-state index in [9.17, 15) is 4.79 Å². The molecule has 31 heavy (non-hydrogen) atoms. The standard InChI is InChI=1S/C24H23ClN4O2/c1-24(2)12-18-20(19(30)13-24)21(14-7-9-17(31-3)10-8-14)29-23(26-18)27-22(28-29)15-5-4-6-16(25)11-15/h4-11,21H,12-13H2,1-3H3,(H,26,27,28). The lowest BCUT2D eigenvalue weighted by Crippen LogP contribution is -2.36. The molecule has 5 rings (SSSR count). The number of ketones is 1. The molecule has 0 saturated carbocycles. The smallest absolute Gasteiger partial charge is 0.226 e. The number of nitrogens with one attached hydrogen (secondary N) is 1. The third-order valence-corrected chi connectivity index (χ3v) is 6.08. The average Bonchev–Trinajstić information content (AvgIpc) is 3.15. The van der Waals surface area contributed by atoms with E-state index in [1.54, 1.807) is 7.11 Å². The number of allylic oxidation sites excluding steroid dienone is 2. The van der Waals surface area contributed by atoms with Crippen LogP contribution >= 0.6 is 11.6 Å². The fourth-order valence-electron chi connectivity index (χ4n) is 4.45. The first kappa shape index (κ1) is 19.8. The maximum absolute atomic E-state index is 13.3. The Morgan fingerprint density at radius 1 is 1.16 bits per heavy atom. The van der Waals surface area contributed by atoms with E-state index in [4.69, 9.17) is 26.4 Å². The first-order chi connectivity index (χ1) is 14.8. The van der Waals surface area contributed by atoms with E-state index in [-0.39, 0.29) is 17.2 Å². The predicted molar refractivity (Wildman–Crippen MR) is 120 cm³/mol. The average molecular weight is 435 g/mol. The lowest BCUT2D eigenvalue weighted by Gasteiger charge is -2.38. The Balaban J connectivity index is 1.67. The van der Waals surface area contributed by atoms with Crippen LogP contribution in [0.15, 0.2) is 59.8 Å². The molecule has 1 N–H and O–H groups in total. The molecular weight excluding hydrogens is 412 g/mol. The third-order valence-electron chi connectivity index (χ3n) is 5.85. The number of ether oxygens (including phenoxy) is 1. The number of carbonyl (C=O) groups excluding carboxylic acids is 1. The Bertz CT molecular complexity index is 1210. The SMILES string of the molecule is COc1ccc(C2C3=C(CC(C)(C)CC3=O)Nc3nc(-c4cccc(Cl)c4)nn32)cc1. The van der Waals surface area contributed by atoms with Crippen LogP contribution in [0.25, 0.3) is 11.4 Å². The summed E-state index contributed by atoms with van der Waals surface area (Å²) in [5, 5.41) is 8.82. The topological polar surface area (TPSA) is 69.0 Å². The zero-order chi connectivity index (χ0) is 21.8. The highest BCUT2D eigenvalue weighted by Crippen LogP contribution is 2.45. The van der Waals surface area contributed by atoms with Gasteiger partial charge in [-0.1, -0.05) is 49.7 Å². The van der Waals surface area contributed by atoms with E-state index in [0.717, 1.165) is 34.6 Å². The minimum Gasteiger partial charge on any atom is -0.497 e. The maximum atomic E-state index is 13.3. The zero-order valence-electron chi connectivity index (χ0n) is 17.6. The van der Waals surface area contributed by atoms with Crippen LogP contribution in [0.5, 0.6) is 5.75 Å². The third kappa shape index (κ3) is 3.51. The van der Waals surface area contributed by atoms with Gasteiger partial charge in [0.2, 0.25) is 5.95 Å². The molecule has 0 saturated heterocycles. The molecule has 2 aromatic carbocycles. The molecule has 6 nitrogen and oxygen atoms in total. The van der Waals surface area contributed by atoms with E-state index in [2.05, 4.69) is 19.2 Å². The van der Waals surface area contributed by atoms with Gasteiger partial charge in [0.05, 0.1) is 7.11 Å². The molecule has 1 aliphatic carbocycles. The molecule has 3 aromatic rings. The van der Waals surface area contributed by atoms with Crippen molar-refractivity contribution in [3.63, 3.8) is 0 Å². The van der Waals surface area contributed by atoms with Crippen molar-refractivity contribution in [3.8, 4) is 17.1 Å². The molecule has 0 radical (unpaired) electrons. The number of aromatic nitrogens is 3. The highest BCUT2D eigenvalue weighted by Gasteiger charge is 2.41. The van der Waals surface area contributed by atoms with Crippen LogP contribution in [0.3, 0.4) is 0 Å². The molecule has 0 bridgehead atoms. The van der Waals surface area contributed by atoms with Gasteiger partial charge in [-0.25, -0.2) is 4.68 Å². The second kappa shape index (κ2) is 7.24. The number of rotatable bonds is 3. The Morgan fingerprint density at radius 2 is 1.94 bits per heavy atom. The van der Waals surface area contributed by atoms with Crippen molar-refractivity contribution in [1.82, 2.24) is 14.8 Å². The highest BCUT2D eigenvalue weighted by molar-refractivity contribution is 6.30. The van der Waals surface area contributed by atoms with Crippen molar-refractivity contribution in [1.29, 1.82) is 0 Å². The zero-order valence-corrected chi connectivity index (χ0v) is 18.4. The van der Waals surface area contributed by atoms with Crippen LogP contribution in [0.1, 0.15) is 38.3 Å². The van der Waals surface area contributed by atoms with Gasteiger partial charge in [0, 0.05) is 28.3 Å². The van der Waals surface area contributed by atoms with Crippen molar-refractivity contribution in [2.45, 2.75) is 32.7 Å². The highest BCUT2D eigenvalue weighted by atomic mass is 35.5. The molecule has 0 spiro atoms. The number of anilines is 1. The van der Waals surface area contributed by atoms with Crippen LogP contribution in [0.4, 0.5) is 5.95 Å². The van der Waals surface area contributed by atoms with Crippen molar-refractivity contribution in [2.75, 3.05) is 12.4 Å². The van der Waals surface area contributed by atoms with Crippen molar-refractivity contribution >= 4 is 23.3 Å². The lowest BCUT2D eigenvalue weighted by atomic mass is 9.73. The summed E-state index contributed by atoms with van der Waals surface area (Å²) in [7, 11) is 1.64. The Kier molecular flexibility index (Phi) is 4.63. The van der Waals surface area contributed by atoms with Crippen LogP contribution in [-0.4, -0.2) is 27.7 Å². The second-order valence-electron chi connectivity index (χ2n) is 8.85. The predicted octanol–water partition coefficient (Wildman–Crippen LogP) is 5.27. The van der Waals surface area contributed by atoms with Crippen LogP contribution < -0.4 is 10.1 Å². The van der Waals surface area contributed by atoms with Gasteiger partial charge < -0.3 is 10.1 Å². The van der Waals surface area contributed by atoms with E-state index in [1.165, 1.54) is 0 Å². The van der Waals surface area contributed by atoms with Crippen LogP contribution in [0.2, 0.25) is 5.02 Å². The number of halogens is 1. The molecular formula is C24H23ClN4O2. The van der Waals surface area contributed by atoms with Gasteiger partial charge in [-0.15, -0.1) is 5.10 Å². The summed E-state index contributed by atoms with van der Waals surface area (Å²) in [6.45, 7) is 4.24. The molecule has 1 unspecified atom stereocenters. The van der Waals surface area contributed by atoms with E-state index in [1.807, 2.05) is 53.2 Å². The van der Waals surface area contributed by atoms with Crippen molar-refractivity contribution < 1.29 is 9.53 Å². The summed E-state index contributed by atoms with van der Waals surface area (Å²) < 4.78 is 7.13. The minimum absolute atomic E-state index is 0.106. The van der Waals surface area contributed by atoms with E-state index < -0.39 is 0 Å².